The highest BCUT2D eigenvalue weighted by Crippen LogP contribution is 2.41. The zero-order valence-electron chi connectivity index (χ0n) is 15.4. The van der Waals surface area contributed by atoms with Crippen molar-refractivity contribution in [3.05, 3.63) is 39.4 Å². The summed E-state index contributed by atoms with van der Waals surface area (Å²) in [5.41, 5.74) is 0.741. The van der Waals surface area contributed by atoms with Crippen molar-refractivity contribution in [1.82, 2.24) is 4.57 Å². The molecule has 2 atom stereocenters. The molecule has 1 saturated carbocycles. The van der Waals surface area contributed by atoms with Crippen LogP contribution in [0, 0.1) is 24.6 Å². The smallest absolute Gasteiger partial charge is 0.341 e. The second-order valence-electron chi connectivity index (χ2n) is 7.87. The summed E-state index contributed by atoms with van der Waals surface area (Å²) in [6.45, 7) is 5.07. The highest BCUT2D eigenvalue weighted by Gasteiger charge is 2.33. The molecule has 7 heteroatoms. The molecule has 2 heterocycles. The number of pyridine rings is 1. The van der Waals surface area contributed by atoms with E-state index in [2.05, 4.69) is 0 Å². The fourth-order valence-electron chi connectivity index (χ4n) is 4.31. The van der Waals surface area contributed by atoms with Gasteiger partial charge >= 0.3 is 5.97 Å². The normalized spacial score (nSPS) is 22.6. The first-order chi connectivity index (χ1) is 12.8. The summed E-state index contributed by atoms with van der Waals surface area (Å²) in [5.74, 6) is -1.49. The number of nitrogens with zero attached hydrogens (tertiary/aromatic N) is 2. The van der Waals surface area contributed by atoms with Crippen LogP contribution in [0.1, 0.15) is 41.7 Å². The molecule has 144 valence electrons. The average Bonchev–Trinajstić information content (AvgIpc) is 3.38. The molecule has 0 spiro atoms. The molecule has 4 rings (SSSR count). The highest BCUT2D eigenvalue weighted by molar-refractivity contribution is 5.95. The van der Waals surface area contributed by atoms with Gasteiger partial charge in [0.2, 0.25) is 5.43 Å². The van der Waals surface area contributed by atoms with E-state index in [9.17, 15) is 19.8 Å². The van der Waals surface area contributed by atoms with Crippen molar-refractivity contribution in [2.24, 2.45) is 11.8 Å². The Morgan fingerprint density at radius 3 is 2.59 bits per heavy atom. The predicted octanol–water partition coefficient (Wildman–Crippen LogP) is 2.55. The predicted molar refractivity (Wildman–Crippen MR) is 100 cm³/mol. The number of aromatic carboxylic acids is 1. The number of halogens is 1. The Balaban J connectivity index is 1.96. The van der Waals surface area contributed by atoms with Crippen LogP contribution in [0.3, 0.4) is 0 Å². The summed E-state index contributed by atoms with van der Waals surface area (Å²) >= 11 is 0. The van der Waals surface area contributed by atoms with Crippen LogP contribution in [0.25, 0.3) is 10.9 Å². The Morgan fingerprint density at radius 2 is 2.04 bits per heavy atom. The third kappa shape index (κ3) is 2.81. The van der Waals surface area contributed by atoms with Crippen LogP contribution in [0.4, 0.5) is 10.1 Å². The lowest BCUT2D eigenvalue weighted by Gasteiger charge is -2.24. The van der Waals surface area contributed by atoms with Crippen molar-refractivity contribution in [3.8, 4) is 0 Å². The summed E-state index contributed by atoms with van der Waals surface area (Å²) in [4.78, 5) is 26.1. The third-order valence-corrected chi connectivity index (χ3v) is 5.97. The number of carboxylic acids is 1. The molecule has 6 nitrogen and oxygen atoms in total. The van der Waals surface area contributed by atoms with Gasteiger partial charge in [0.25, 0.3) is 0 Å². The summed E-state index contributed by atoms with van der Waals surface area (Å²) < 4.78 is 16.9. The molecular formula is C20H23FN2O4. The number of fused-ring (bicyclic) bond motifs is 1. The average molecular weight is 374 g/mol. The molecule has 1 aromatic heterocycles. The highest BCUT2D eigenvalue weighted by atomic mass is 19.1. The van der Waals surface area contributed by atoms with E-state index in [0.717, 1.165) is 12.8 Å². The molecule has 2 N–H and O–H groups in total. The molecule has 2 aliphatic rings. The fourth-order valence-corrected chi connectivity index (χ4v) is 4.31. The van der Waals surface area contributed by atoms with Crippen molar-refractivity contribution in [2.45, 2.75) is 32.7 Å². The van der Waals surface area contributed by atoms with E-state index >= 15 is 4.39 Å². The van der Waals surface area contributed by atoms with Crippen molar-refractivity contribution in [3.63, 3.8) is 0 Å². The van der Waals surface area contributed by atoms with Gasteiger partial charge in [0, 0.05) is 43.2 Å². The largest absolute Gasteiger partial charge is 0.477 e. The van der Waals surface area contributed by atoms with Gasteiger partial charge in [0.05, 0.1) is 11.2 Å². The van der Waals surface area contributed by atoms with E-state index < -0.39 is 17.2 Å². The van der Waals surface area contributed by atoms with Gasteiger partial charge in [-0.25, -0.2) is 9.18 Å². The number of carbonyl (C=O) groups is 1. The monoisotopic (exact) mass is 374 g/mol. The minimum absolute atomic E-state index is 0.0562. The molecule has 1 aliphatic heterocycles. The molecule has 0 bridgehead atoms. The van der Waals surface area contributed by atoms with Gasteiger partial charge in [-0.1, -0.05) is 6.92 Å². The van der Waals surface area contributed by atoms with Gasteiger partial charge in [0.1, 0.15) is 11.4 Å². The molecule has 1 aromatic carbocycles. The van der Waals surface area contributed by atoms with Gasteiger partial charge in [-0.15, -0.1) is 0 Å². The number of aromatic nitrogens is 1. The van der Waals surface area contributed by atoms with E-state index in [1.54, 1.807) is 6.92 Å². The van der Waals surface area contributed by atoms with E-state index in [4.69, 9.17) is 0 Å². The summed E-state index contributed by atoms with van der Waals surface area (Å²) in [6, 6.07) is 1.33. The van der Waals surface area contributed by atoms with Crippen molar-refractivity contribution >= 4 is 22.6 Å². The second kappa shape index (κ2) is 6.34. The molecular weight excluding hydrogens is 351 g/mol. The zero-order chi connectivity index (χ0) is 19.5. The van der Waals surface area contributed by atoms with Crippen LogP contribution in [0.5, 0.6) is 0 Å². The number of rotatable bonds is 4. The Hall–Kier alpha value is -2.41. The SMILES string of the molecule is Cc1c(N2CC(C)C(CO)C2)c(F)cc2c(=O)c(C(=O)O)cn(C3CC3)c12. The molecule has 0 radical (unpaired) electrons. The number of hydrogen-bond donors (Lipinski definition) is 2. The Morgan fingerprint density at radius 1 is 1.33 bits per heavy atom. The van der Waals surface area contributed by atoms with Gasteiger partial charge in [-0.3, -0.25) is 4.79 Å². The quantitative estimate of drug-likeness (QED) is 0.859. The van der Waals surface area contributed by atoms with Crippen molar-refractivity contribution < 1.29 is 19.4 Å². The number of anilines is 1. The number of aliphatic hydroxyl groups excluding tert-OH is 1. The van der Waals surface area contributed by atoms with Crippen LogP contribution in [0.15, 0.2) is 17.1 Å². The van der Waals surface area contributed by atoms with Crippen molar-refractivity contribution in [2.75, 3.05) is 24.6 Å². The first kappa shape index (κ1) is 18.0. The van der Waals surface area contributed by atoms with Crippen LogP contribution in [-0.2, 0) is 0 Å². The van der Waals surface area contributed by atoms with Gasteiger partial charge < -0.3 is 19.7 Å². The molecule has 27 heavy (non-hydrogen) atoms. The van der Waals surface area contributed by atoms with E-state index in [0.29, 0.717) is 29.9 Å². The van der Waals surface area contributed by atoms with Crippen molar-refractivity contribution in [1.29, 1.82) is 0 Å². The summed E-state index contributed by atoms with van der Waals surface area (Å²) in [5, 5.41) is 19.0. The number of benzene rings is 1. The van der Waals surface area contributed by atoms with Crippen LogP contribution < -0.4 is 10.3 Å². The molecule has 1 aliphatic carbocycles. The summed E-state index contributed by atoms with van der Waals surface area (Å²) in [7, 11) is 0. The molecule has 0 amide bonds. The van der Waals surface area contributed by atoms with Crippen LogP contribution in [-0.4, -0.2) is 40.4 Å². The van der Waals surface area contributed by atoms with Crippen LogP contribution >= 0.6 is 0 Å². The van der Waals surface area contributed by atoms with Crippen LogP contribution in [0.2, 0.25) is 0 Å². The maximum atomic E-state index is 15.1. The maximum absolute atomic E-state index is 15.1. The first-order valence-electron chi connectivity index (χ1n) is 9.30. The first-order valence-corrected chi connectivity index (χ1v) is 9.30. The Labute approximate surface area is 155 Å². The topological polar surface area (TPSA) is 82.8 Å². The lowest BCUT2D eigenvalue weighted by molar-refractivity contribution is 0.0695. The Kier molecular flexibility index (Phi) is 4.22. The minimum atomic E-state index is -1.29. The molecule has 1 saturated heterocycles. The van der Waals surface area contributed by atoms with Gasteiger partial charge in [-0.2, -0.15) is 0 Å². The van der Waals surface area contributed by atoms with Gasteiger partial charge in [0.15, 0.2) is 0 Å². The standard InChI is InChI=1S/C20H23FN2O4/c1-10-6-22(7-12(10)9-24)18-11(2)17-14(5-16(18)21)19(25)15(20(26)27)8-23(17)13-3-4-13/h5,8,10,12-13,24H,3-4,6-7,9H2,1-2H3,(H,26,27). The van der Waals surface area contributed by atoms with E-state index in [1.807, 2.05) is 16.4 Å². The third-order valence-electron chi connectivity index (χ3n) is 5.97. The lowest BCUT2D eigenvalue weighted by atomic mass is 10.00. The lowest BCUT2D eigenvalue weighted by Crippen LogP contribution is -2.25. The van der Waals surface area contributed by atoms with Gasteiger partial charge in [-0.05, 0) is 37.3 Å². The second-order valence-corrected chi connectivity index (χ2v) is 7.87. The van der Waals surface area contributed by atoms with E-state index in [1.165, 1.54) is 12.3 Å². The van der Waals surface area contributed by atoms with E-state index in [-0.39, 0.29) is 35.4 Å². The molecule has 2 unspecified atom stereocenters. The molecule has 2 aromatic rings. The Bertz CT molecular complexity index is 996. The number of aliphatic hydroxyl groups is 1. The number of aryl methyl sites for hydroxylation is 1. The molecule has 2 fully saturated rings. The minimum Gasteiger partial charge on any atom is -0.477 e. The zero-order valence-corrected chi connectivity index (χ0v) is 15.4. The number of carboxylic acid groups (broad SMARTS) is 1. The number of hydrogen-bond acceptors (Lipinski definition) is 4. The summed E-state index contributed by atoms with van der Waals surface area (Å²) in [6.07, 6.45) is 3.23. The maximum Gasteiger partial charge on any atom is 0.341 e. The fraction of sp³-hybridized carbons (Fsp3) is 0.500.